The van der Waals surface area contributed by atoms with Crippen LogP contribution in [-0.4, -0.2) is 37.6 Å². The molecule has 0 spiro atoms. The fourth-order valence-corrected chi connectivity index (χ4v) is 1.75. The summed E-state index contributed by atoms with van der Waals surface area (Å²) in [5.41, 5.74) is 1.61. The van der Waals surface area contributed by atoms with E-state index in [4.69, 9.17) is 0 Å². The van der Waals surface area contributed by atoms with Crippen molar-refractivity contribution in [3.8, 4) is 0 Å². The molecule has 0 amide bonds. The maximum absolute atomic E-state index is 3.33. The first-order valence-corrected chi connectivity index (χ1v) is 4.71. The normalized spacial score (nSPS) is 24.5. The van der Waals surface area contributed by atoms with Crippen LogP contribution < -0.4 is 5.32 Å². The van der Waals surface area contributed by atoms with Gasteiger partial charge in [0.15, 0.2) is 0 Å². The Morgan fingerprint density at radius 1 is 1.33 bits per heavy atom. The lowest BCUT2D eigenvalue weighted by Crippen LogP contribution is -2.28. The second-order valence-electron chi connectivity index (χ2n) is 3.48. The molecule has 0 unspecified atom stereocenters. The number of nitrogens with zero attached hydrogens (tertiary/aromatic N) is 1. The summed E-state index contributed by atoms with van der Waals surface area (Å²) in [6.07, 6.45) is 8.07. The van der Waals surface area contributed by atoms with Gasteiger partial charge in [-0.2, -0.15) is 0 Å². The summed E-state index contributed by atoms with van der Waals surface area (Å²) in [6.45, 7) is 5.69. The molecule has 66 valence electrons. The van der Waals surface area contributed by atoms with Gasteiger partial charge >= 0.3 is 0 Å². The molecule has 0 aromatic heterocycles. The predicted molar refractivity (Wildman–Crippen MR) is 51.1 cm³/mol. The molecule has 0 aromatic carbocycles. The van der Waals surface area contributed by atoms with Crippen molar-refractivity contribution in [2.75, 3.05) is 32.7 Å². The largest absolute Gasteiger partial charge is 0.313 e. The number of rotatable bonds is 2. The van der Waals surface area contributed by atoms with Gasteiger partial charge in [-0.05, 0) is 13.0 Å². The van der Waals surface area contributed by atoms with E-state index in [2.05, 4.69) is 28.4 Å². The average molecular weight is 164 g/mol. The van der Waals surface area contributed by atoms with Gasteiger partial charge in [0, 0.05) is 26.2 Å². The second-order valence-corrected chi connectivity index (χ2v) is 3.48. The van der Waals surface area contributed by atoms with Crippen molar-refractivity contribution in [1.29, 1.82) is 0 Å². The number of hydrogen-bond acceptors (Lipinski definition) is 2. The molecule has 0 radical (unpaired) electrons. The van der Waals surface area contributed by atoms with E-state index in [1.807, 2.05) is 0 Å². The Morgan fingerprint density at radius 2 is 2.17 bits per heavy atom. The van der Waals surface area contributed by atoms with Gasteiger partial charge < -0.3 is 5.32 Å². The highest BCUT2D eigenvalue weighted by Gasteiger charge is 2.09. The van der Waals surface area contributed by atoms with Crippen LogP contribution in [0.15, 0.2) is 23.8 Å². The first-order chi connectivity index (χ1) is 5.95. The molecule has 2 rings (SSSR count). The minimum absolute atomic E-state index is 1.07. The third-order valence-corrected chi connectivity index (χ3v) is 2.48. The molecular formula is C10H16N2. The Bertz CT molecular complexity index is 198. The van der Waals surface area contributed by atoms with Crippen LogP contribution in [0.1, 0.15) is 6.42 Å². The molecule has 1 N–H and O–H groups in total. The molecule has 2 aliphatic rings. The highest BCUT2D eigenvalue weighted by Crippen LogP contribution is 2.09. The SMILES string of the molecule is C1=CCN(CC2=CCNCC2)C1. The summed E-state index contributed by atoms with van der Waals surface area (Å²) >= 11 is 0. The van der Waals surface area contributed by atoms with E-state index in [9.17, 15) is 0 Å². The Balaban J connectivity index is 1.81. The molecule has 0 aromatic rings. The highest BCUT2D eigenvalue weighted by atomic mass is 15.1. The Kier molecular flexibility index (Phi) is 2.59. The smallest absolute Gasteiger partial charge is 0.0200 e. The average Bonchev–Trinajstić information content (AvgIpc) is 2.59. The Labute approximate surface area is 73.9 Å². The van der Waals surface area contributed by atoms with Crippen LogP contribution >= 0.6 is 0 Å². The lowest BCUT2D eigenvalue weighted by atomic mass is 10.1. The van der Waals surface area contributed by atoms with Crippen LogP contribution in [0.3, 0.4) is 0 Å². The number of nitrogens with one attached hydrogen (secondary N) is 1. The molecular weight excluding hydrogens is 148 g/mol. The monoisotopic (exact) mass is 164 g/mol. The third kappa shape index (κ3) is 1.96. The lowest BCUT2D eigenvalue weighted by molar-refractivity contribution is 0.376. The van der Waals surface area contributed by atoms with Gasteiger partial charge in [-0.15, -0.1) is 0 Å². The van der Waals surface area contributed by atoms with Crippen molar-refractivity contribution in [2.24, 2.45) is 0 Å². The van der Waals surface area contributed by atoms with Crippen LogP contribution in [0.5, 0.6) is 0 Å². The highest BCUT2D eigenvalue weighted by molar-refractivity contribution is 5.11. The Hall–Kier alpha value is -0.600. The minimum Gasteiger partial charge on any atom is -0.313 e. The molecule has 2 nitrogen and oxygen atoms in total. The molecule has 0 saturated carbocycles. The third-order valence-electron chi connectivity index (χ3n) is 2.48. The first kappa shape index (κ1) is 8.02. The molecule has 2 heterocycles. The van der Waals surface area contributed by atoms with Gasteiger partial charge in [0.25, 0.3) is 0 Å². The summed E-state index contributed by atoms with van der Waals surface area (Å²) in [7, 11) is 0. The molecule has 0 atom stereocenters. The predicted octanol–water partition coefficient (Wildman–Crippen LogP) is 0.778. The van der Waals surface area contributed by atoms with E-state index in [1.165, 1.54) is 13.0 Å². The van der Waals surface area contributed by atoms with Gasteiger partial charge in [-0.3, -0.25) is 4.90 Å². The van der Waals surface area contributed by atoms with Gasteiger partial charge in [-0.1, -0.05) is 23.8 Å². The van der Waals surface area contributed by atoms with Gasteiger partial charge in [-0.25, -0.2) is 0 Å². The van der Waals surface area contributed by atoms with Crippen LogP contribution in [0.4, 0.5) is 0 Å². The van der Waals surface area contributed by atoms with Crippen molar-refractivity contribution in [1.82, 2.24) is 10.2 Å². The van der Waals surface area contributed by atoms with E-state index in [0.717, 1.165) is 26.2 Å². The van der Waals surface area contributed by atoms with E-state index >= 15 is 0 Å². The molecule has 2 heteroatoms. The number of hydrogen-bond donors (Lipinski definition) is 1. The molecule has 0 saturated heterocycles. The fraction of sp³-hybridized carbons (Fsp3) is 0.600. The molecule has 0 aliphatic carbocycles. The zero-order valence-electron chi connectivity index (χ0n) is 7.42. The van der Waals surface area contributed by atoms with Gasteiger partial charge in [0.05, 0.1) is 0 Å². The molecule has 0 fully saturated rings. The zero-order valence-corrected chi connectivity index (χ0v) is 7.42. The van der Waals surface area contributed by atoms with Crippen LogP contribution in [0, 0.1) is 0 Å². The van der Waals surface area contributed by atoms with E-state index < -0.39 is 0 Å². The maximum atomic E-state index is 3.33. The first-order valence-electron chi connectivity index (χ1n) is 4.71. The lowest BCUT2D eigenvalue weighted by Gasteiger charge is -2.20. The second kappa shape index (κ2) is 3.87. The van der Waals surface area contributed by atoms with Crippen LogP contribution in [-0.2, 0) is 0 Å². The fourth-order valence-electron chi connectivity index (χ4n) is 1.75. The van der Waals surface area contributed by atoms with E-state index in [-0.39, 0.29) is 0 Å². The Morgan fingerprint density at radius 3 is 2.83 bits per heavy atom. The molecule has 12 heavy (non-hydrogen) atoms. The molecule has 2 aliphatic heterocycles. The summed E-state index contributed by atoms with van der Waals surface area (Å²) < 4.78 is 0. The van der Waals surface area contributed by atoms with Crippen molar-refractivity contribution in [2.45, 2.75) is 6.42 Å². The van der Waals surface area contributed by atoms with Crippen LogP contribution in [0.25, 0.3) is 0 Å². The zero-order chi connectivity index (χ0) is 8.23. The minimum atomic E-state index is 1.07. The van der Waals surface area contributed by atoms with Gasteiger partial charge in [0.1, 0.15) is 0 Å². The standard InChI is InChI=1S/C10H16N2/c1-2-8-12(7-1)9-10-3-5-11-6-4-10/h1-3,11H,4-9H2. The quantitative estimate of drug-likeness (QED) is 0.607. The topological polar surface area (TPSA) is 15.3 Å². The summed E-state index contributed by atoms with van der Waals surface area (Å²) in [6, 6.07) is 0. The van der Waals surface area contributed by atoms with Crippen molar-refractivity contribution in [3.05, 3.63) is 23.8 Å². The van der Waals surface area contributed by atoms with Crippen molar-refractivity contribution in [3.63, 3.8) is 0 Å². The van der Waals surface area contributed by atoms with Crippen LogP contribution in [0.2, 0.25) is 0 Å². The van der Waals surface area contributed by atoms with Crippen molar-refractivity contribution < 1.29 is 0 Å². The summed E-state index contributed by atoms with van der Waals surface area (Å²) in [5, 5.41) is 3.33. The molecule has 0 bridgehead atoms. The maximum Gasteiger partial charge on any atom is 0.0200 e. The van der Waals surface area contributed by atoms with Crippen molar-refractivity contribution >= 4 is 0 Å². The van der Waals surface area contributed by atoms with Gasteiger partial charge in [0.2, 0.25) is 0 Å². The van der Waals surface area contributed by atoms with E-state index in [0.29, 0.717) is 0 Å². The summed E-state index contributed by atoms with van der Waals surface area (Å²) in [4.78, 5) is 2.47. The summed E-state index contributed by atoms with van der Waals surface area (Å²) in [5.74, 6) is 0. The van der Waals surface area contributed by atoms with E-state index in [1.54, 1.807) is 5.57 Å².